The summed E-state index contributed by atoms with van der Waals surface area (Å²) in [6.45, 7) is 12.4. The molecule has 226 valence electrons. The Balaban J connectivity index is 1.16. The molecule has 2 saturated carbocycles. The van der Waals surface area contributed by atoms with Crippen LogP contribution in [0.2, 0.25) is 0 Å². The number of piperazine rings is 1. The molecule has 0 aromatic carbocycles. The van der Waals surface area contributed by atoms with Gasteiger partial charge in [0.15, 0.2) is 0 Å². The summed E-state index contributed by atoms with van der Waals surface area (Å²) in [5.41, 5.74) is 0.284. The smallest absolute Gasteiger partial charge is 0.411 e. The SMILES string of the molecule is C[C@@H]1CN(c2ncnc3c2C2(CCC2)CN3c2cc(C#N)ccn2)[C@@H](C)CN1C(=O)C12CC(CN1C(=O)OC(C)(C)C)C2. The van der Waals surface area contributed by atoms with Crippen molar-refractivity contribution in [1.29, 1.82) is 5.26 Å². The zero-order valence-electron chi connectivity index (χ0n) is 25.7. The molecular formula is C32H40N8O3. The highest BCUT2D eigenvalue weighted by Gasteiger charge is 2.65. The van der Waals surface area contributed by atoms with Gasteiger partial charge in [-0.1, -0.05) is 6.42 Å². The fourth-order valence-electron chi connectivity index (χ4n) is 8.06. The Labute approximate surface area is 252 Å². The van der Waals surface area contributed by atoms with Crippen molar-refractivity contribution in [3.8, 4) is 6.07 Å². The maximum absolute atomic E-state index is 14.2. The summed E-state index contributed by atoms with van der Waals surface area (Å²) < 4.78 is 5.71. The third kappa shape index (κ3) is 4.24. The van der Waals surface area contributed by atoms with Crippen LogP contribution in [0, 0.1) is 17.2 Å². The summed E-state index contributed by atoms with van der Waals surface area (Å²) in [6.07, 6.45) is 7.62. The number of ether oxygens (including phenoxy) is 1. The van der Waals surface area contributed by atoms with Crippen molar-refractivity contribution in [2.45, 2.75) is 95.4 Å². The van der Waals surface area contributed by atoms with Gasteiger partial charge in [-0.15, -0.1) is 0 Å². The van der Waals surface area contributed by atoms with Gasteiger partial charge in [0.25, 0.3) is 0 Å². The second-order valence-corrected chi connectivity index (χ2v) is 14.3. The Bertz CT molecular complexity index is 1520. The predicted molar refractivity (Wildman–Crippen MR) is 160 cm³/mol. The first kappa shape index (κ1) is 27.9. The summed E-state index contributed by atoms with van der Waals surface area (Å²) in [4.78, 5) is 49.8. The third-order valence-corrected chi connectivity index (χ3v) is 10.3. The van der Waals surface area contributed by atoms with Gasteiger partial charge in [0, 0.05) is 55.4 Å². The molecule has 2 aliphatic carbocycles. The summed E-state index contributed by atoms with van der Waals surface area (Å²) in [5.74, 6) is 2.94. The number of amides is 2. The lowest BCUT2D eigenvalue weighted by atomic mass is 9.66. The van der Waals surface area contributed by atoms with E-state index in [-0.39, 0.29) is 29.5 Å². The summed E-state index contributed by atoms with van der Waals surface area (Å²) in [7, 11) is 0. The molecule has 11 nitrogen and oxygen atoms in total. The normalized spacial score (nSPS) is 28.7. The van der Waals surface area contributed by atoms with E-state index >= 15 is 0 Å². The van der Waals surface area contributed by atoms with Gasteiger partial charge in [-0.25, -0.2) is 19.7 Å². The van der Waals surface area contributed by atoms with Crippen LogP contribution in [0.15, 0.2) is 24.7 Å². The number of pyridine rings is 1. The first-order chi connectivity index (χ1) is 20.4. The number of rotatable bonds is 3. The van der Waals surface area contributed by atoms with Gasteiger partial charge in [0.05, 0.1) is 11.6 Å². The Morgan fingerprint density at radius 3 is 2.47 bits per heavy atom. The van der Waals surface area contributed by atoms with E-state index in [1.54, 1.807) is 23.5 Å². The van der Waals surface area contributed by atoms with Crippen molar-refractivity contribution >= 4 is 29.5 Å². The Morgan fingerprint density at radius 2 is 1.79 bits per heavy atom. The van der Waals surface area contributed by atoms with Crippen molar-refractivity contribution in [3.05, 3.63) is 35.8 Å². The predicted octanol–water partition coefficient (Wildman–Crippen LogP) is 4.14. The number of carbonyl (C=O) groups excluding carboxylic acids is 2. The Morgan fingerprint density at radius 1 is 1.05 bits per heavy atom. The molecular weight excluding hydrogens is 544 g/mol. The highest BCUT2D eigenvalue weighted by atomic mass is 16.6. The highest BCUT2D eigenvalue weighted by molar-refractivity contribution is 5.93. The molecule has 11 heteroatoms. The van der Waals surface area contributed by atoms with E-state index in [2.05, 4.69) is 34.7 Å². The van der Waals surface area contributed by atoms with E-state index in [0.29, 0.717) is 44.0 Å². The molecule has 8 rings (SSSR count). The first-order valence-corrected chi connectivity index (χ1v) is 15.5. The van der Waals surface area contributed by atoms with E-state index in [9.17, 15) is 14.9 Å². The number of nitrogens with zero attached hydrogens (tertiary/aromatic N) is 8. The molecule has 2 aromatic heterocycles. The van der Waals surface area contributed by atoms with Gasteiger partial charge in [-0.05, 0) is 78.4 Å². The number of nitriles is 1. The van der Waals surface area contributed by atoms with Gasteiger partial charge < -0.3 is 19.4 Å². The molecule has 0 unspecified atom stereocenters. The average molecular weight is 585 g/mol. The van der Waals surface area contributed by atoms with Gasteiger partial charge in [-0.3, -0.25) is 9.69 Å². The minimum Gasteiger partial charge on any atom is -0.444 e. The zero-order valence-corrected chi connectivity index (χ0v) is 25.7. The molecule has 0 radical (unpaired) electrons. The molecule has 1 spiro atoms. The van der Waals surface area contributed by atoms with Gasteiger partial charge in [0.2, 0.25) is 5.91 Å². The van der Waals surface area contributed by atoms with E-state index in [1.807, 2.05) is 31.7 Å². The van der Waals surface area contributed by atoms with Crippen LogP contribution in [-0.4, -0.2) is 86.2 Å². The lowest BCUT2D eigenvalue weighted by Crippen LogP contribution is -2.66. The zero-order chi connectivity index (χ0) is 30.3. The molecule has 43 heavy (non-hydrogen) atoms. The molecule has 3 saturated heterocycles. The van der Waals surface area contributed by atoms with Crippen molar-refractivity contribution in [2.75, 3.05) is 36.0 Å². The van der Waals surface area contributed by atoms with Crippen LogP contribution in [0.25, 0.3) is 0 Å². The number of carbonyl (C=O) groups is 2. The van der Waals surface area contributed by atoms with Crippen molar-refractivity contribution < 1.29 is 14.3 Å². The van der Waals surface area contributed by atoms with E-state index in [1.165, 1.54) is 0 Å². The third-order valence-electron chi connectivity index (χ3n) is 10.3. The number of hydrogen-bond donors (Lipinski definition) is 0. The Hall–Kier alpha value is -3.94. The lowest BCUT2D eigenvalue weighted by molar-refractivity contribution is -0.148. The summed E-state index contributed by atoms with van der Waals surface area (Å²) in [6, 6.07) is 5.73. The van der Waals surface area contributed by atoms with E-state index in [0.717, 1.165) is 48.8 Å². The molecule has 4 aliphatic heterocycles. The van der Waals surface area contributed by atoms with Crippen LogP contribution < -0.4 is 9.80 Å². The number of fused-ring (bicyclic) bond motifs is 3. The van der Waals surface area contributed by atoms with Crippen molar-refractivity contribution in [3.63, 3.8) is 0 Å². The fraction of sp³-hybridized carbons (Fsp3) is 0.625. The maximum Gasteiger partial charge on any atom is 0.411 e. The largest absolute Gasteiger partial charge is 0.444 e. The highest BCUT2D eigenvalue weighted by Crippen LogP contribution is 2.57. The average Bonchev–Trinajstić information content (AvgIpc) is 3.61. The molecule has 2 aromatic rings. The molecule has 6 heterocycles. The quantitative estimate of drug-likeness (QED) is 0.524. The molecule has 2 bridgehead atoms. The van der Waals surface area contributed by atoms with Crippen LogP contribution in [0.5, 0.6) is 0 Å². The van der Waals surface area contributed by atoms with Crippen molar-refractivity contribution in [1.82, 2.24) is 24.8 Å². The van der Waals surface area contributed by atoms with Crippen LogP contribution in [-0.2, 0) is 14.9 Å². The molecule has 6 aliphatic rings. The first-order valence-electron chi connectivity index (χ1n) is 15.5. The minimum atomic E-state index is -0.791. The van der Waals surface area contributed by atoms with Gasteiger partial charge in [-0.2, -0.15) is 5.26 Å². The second kappa shape index (κ2) is 9.53. The maximum atomic E-state index is 14.2. The van der Waals surface area contributed by atoms with Crippen LogP contribution in [0.3, 0.4) is 0 Å². The molecule has 0 N–H and O–H groups in total. The topological polar surface area (TPSA) is 119 Å². The summed E-state index contributed by atoms with van der Waals surface area (Å²) in [5, 5.41) is 9.48. The molecule has 2 atom stereocenters. The second-order valence-electron chi connectivity index (χ2n) is 14.3. The Kier molecular flexibility index (Phi) is 6.18. The van der Waals surface area contributed by atoms with Crippen LogP contribution >= 0.6 is 0 Å². The molecule has 2 amide bonds. The van der Waals surface area contributed by atoms with E-state index in [4.69, 9.17) is 14.7 Å². The number of aromatic nitrogens is 3. The van der Waals surface area contributed by atoms with Gasteiger partial charge >= 0.3 is 6.09 Å². The standard InChI is InChI=1S/C32H40N8O3/c1-20-16-38(28(41)32-12-23(13-32)17-40(32)29(42)43-30(3,4)5)21(2)15-37(20)26-25-27(36-19-35-26)39(18-31(25)8-6-9-31)24-11-22(14-33)7-10-34-24/h7,10-11,19-21,23H,6,8-9,12-13,15-18H2,1-5H3/t20-,21+,23?,32?/m0/s1. The van der Waals surface area contributed by atoms with E-state index < -0.39 is 11.1 Å². The van der Waals surface area contributed by atoms with Crippen LogP contribution in [0.1, 0.15) is 77.8 Å². The number of hydrogen-bond acceptors (Lipinski definition) is 9. The van der Waals surface area contributed by atoms with Gasteiger partial charge in [0.1, 0.15) is 34.9 Å². The minimum absolute atomic E-state index is 0.0222. The monoisotopic (exact) mass is 584 g/mol. The fourth-order valence-corrected chi connectivity index (χ4v) is 8.06. The van der Waals surface area contributed by atoms with Crippen molar-refractivity contribution in [2.24, 2.45) is 5.92 Å². The summed E-state index contributed by atoms with van der Waals surface area (Å²) >= 11 is 0. The molecule has 5 fully saturated rings. The lowest BCUT2D eigenvalue weighted by Gasteiger charge is -2.50. The van der Waals surface area contributed by atoms with Crippen LogP contribution in [0.4, 0.5) is 22.2 Å². The number of anilines is 3.